The van der Waals surface area contributed by atoms with E-state index in [0.717, 1.165) is 5.92 Å². The first-order valence-corrected chi connectivity index (χ1v) is 14.9. The molecule has 0 heterocycles. The molecule has 0 amide bonds. The lowest BCUT2D eigenvalue weighted by atomic mass is 9.99. The van der Waals surface area contributed by atoms with Gasteiger partial charge in [0.2, 0.25) is 0 Å². The maximum atomic E-state index is 9.44. The van der Waals surface area contributed by atoms with Gasteiger partial charge in [-0.25, -0.2) is 0 Å². The zero-order chi connectivity index (χ0) is 24.0. The first-order chi connectivity index (χ1) is 14.5. The Bertz CT molecular complexity index is 545. The van der Waals surface area contributed by atoms with Gasteiger partial charge in [-0.15, -0.1) is 3.63 Å². The van der Waals surface area contributed by atoms with Gasteiger partial charge in [-0.3, -0.25) is 9.11 Å². The Labute approximate surface area is 192 Å². The normalized spacial score (nSPS) is 12.9. The van der Waals surface area contributed by atoms with Gasteiger partial charge in [0.15, 0.2) is 0 Å². The van der Waals surface area contributed by atoms with Gasteiger partial charge in [0.05, 0.1) is 0 Å². The van der Waals surface area contributed by atoms with Crippen LogP contribution in [0.1, 0.15) is 136 Å². The van der Waals surface area contributed by atoms with Crippen molar-refractivity contribution in [1.29, 1.82) is 0 Å². The van der Waals surface area contributed by atoms with E-state index >= 15 is 0 Å². The Balaban J connectivity index is 0. The van der Waals surface area contributed by atoms with Gasteiger partial charge in [-0.2, -0.15) is 16.8 Å². The lowest BCUT2D eigenvalue weighted by Crippen LogP contribution is -2.10. The summed E-state index contributed by atoms with van der Waals surface area (Å²) < 4.78 is 55.6. The molecule has 0 radical (unpaired) electrons. The predicted octanol–water partition coefficient (Wildman–Crippen LogP) is 7.29. The van der Waals surface area contributed by atoms with Gasteiger partial charge in [0.25, 0.3) is 0 Å². The van der Waals surface area contributed by atoms with Crippen molar-refractivity contribution in [3.63, 3.8) is 0 Å². The van der Waals surface area contributed by atoms with Gasteiger partial charge >= 0.3 is 20.8 Å². The highest BCUT2D eigenvalue weighted by Gasteiger charge is 2.15. The van der Waals surface area contributed by atoms with E-state index in [1.807, 2.05) is 0 Å². The molecule has 0 saturated heterocycles. The van der Waals surface area contributed by atoms with Gasteiger partial charge in [0.1, 0.15) is 0 Å². The zero-order valence-electron chi connectivity index (χ0n) is 20.1. The highest BCUT2D eigenvalue weighted by molar-refractivity contribution is 7.94. The summed E-state index contributed by atoms with van der Waals surface area (Å²) in [5, 5.41) is 0. The van der Waals surface area contributed by atoms with Crippen LogP contribution in [0.5, 0.6) is 0 Å². The first-order valence-electron chi connectivity index (χ1n) is 12.2. The van der Waals surface area contributed by atoms with Crippen molar-refractivity contribution >= 4 is 20.8 Å². The first kappa shape index (κ1) is 33.0. The second-order valence-corrected chi connectivity index (χ2v) is 10.8. The molecule has 31 heavy (non-hydrogen) atoms. The minimum absolute atomic E-state index is 0.951. The number of rotatable bonds is 20. The molecule has 0 bridgehead atoms. The van der Waals surface area contributed by atoms with Crippen LogP contribution < -0.4 is 0 Å². The Morgan fingerprint density at radius 3 is 1.10 bits per heavy atom. The Hall–Kier alpha value is -0.220. The third-order valence-corrected chi connectivity index (χ3v) is 6.80. The van der Waals surface area contributed by atoms with Crippen molar-refractivity contribution in [2.45, 2.75) is 136 Å². The molecule has 0 aliphatic rings. The third kappa shape index (κ3) is 34.6. The highest BCUT2D eigenvalue weighted by Crippen LogP contribution is 2.16. The Morgan fingerprint density at radius 1 is 0.581 bits per heavy atom. The molecule has 0 aromatic rings. The molecule has 0 spiro atoms. The fourth-order valence-corrected chi connectivity index (χ4v) is 4.22. The van der Waals surface area contributed by atoms with Crippen molar-refractivity contribution < 1.29 is 29.6 Å². The van der Waals surface area contributed by atoms with Crippen LogP contribution in [0.25, 0.3) is 0 Å². The predicted molar refractivity (Wildman–Crippen MR) is 128 cm³/mol. The van der Waals surface area contributed by atoms with E-state index in [-0.39, 0.29) is 0 Å². The largest absolute Gasteiger partial charge is 0.413 e. The highest BCUT2D eigenvalue weighted by atomic mass is 32.3. The monoisotopic (exact) mass is 488 g/mol. The van der Waals surface area contributed by atoms with Crippen LogP contribution in [0, 0.1) is 5.92 Å². The van der Waals surface area contributed by atoms with Crippen LogP contribution >= 0.6 is 0 Å². The molecule has 0 rings (SSSR count). The van der Waals surface area contributed by atoms with E-state index in [9.17, 15) is 16.8 Å². The molecule has 0 aromatic heterocycles. The average molecular weight is 489 g/mol. The fourth-order valence-electron chi connectivity index (χ4n) is 3.35. The zero-order valence-corrected chi connectivity index (χ0v) is 21.7. The molecule has 2 N–H and O–H groups in total. The van der Waals surface area contributed by atoms with Crippen molar-refractivity contribution in [3.05, 3.63) is 0 Å². The number of hydrogen-bond acceptors (Lipinski definition) is 5. The lowest BCUT2D eigenvalue weighted by Gasteiger charge is -2.07. The standard InChI is InChI=1S/C22H46.H2O7S2/c1-4-6-7-8-9-10-11-12-13-14-15-16-17-18-19-20-21-22(3)5-2;1-8(2,3)7-9(4,5)6/h22H,4-21H2,1-3H3;(H,1,2,3)(H,4,5,6). The molecule has 1 atom stereocenters. The minimum Gasteiger partial charge on any atom is -0.263 e. The van der Waals surface area contributed by atoms with E-state index in [1.165, 1.54) is 116 Å². The quantitative estimate of drug-likeness (QED) is 0.136. The van der Waals surface area contributed by atoms with Crippen LogP contribution in [0.2, 0.25) is 0 Å². The van der Waals surface area contributed by atoms with Gasteiger partial charge < -0.3 is 0 Å². The molecule has 190 valence electrons. The fraction of sp³-hybridized carbons (Fsp3) is 1.00. The van der Waals surface area contributed by atoms with Gasteiger partial charge in [0, 0.05) is 0 Å². The van der Waals surface area contributed by atoms with E-state index in [1.54, 1.807) is 0 Å². The van der Waals surface area contributed by atoms with Gasteiger partial charge in [-0.05, 0) is 5.92 Å². The maximum Gasteiger partial charge on any atom is 0.413 e. The molecule has 0 aromatic carbocycles. The number of unbranched alkanes of at least 4 members (excludes halogenated alkanes) is 15. The van der Waals surface area contributed by atoms with Crippen LogP contribution in [0.15, 0.2) is 0 Å². The van der Waals surface area contributed by atoms with Crippen LogP contribution in [-0.4, -0.2) is 25.9 Å². The molecule has 0 fully saturated rings. The average Bonchev–Trinajstić information content (AvgIpc) is 2.65. The SMILES string of the molecule is CCCCCCCCCCCCCCCCCCC(C)CC.O=S(=O)(O)OS(=O)(=O)O. The minimum atomic E-state index is -5.12. The summed E-state index contributed by atoms with van der Waals surface area (Å²) in [4.78, 5) is 0. The molecule has 0 aliphatic heterocycles. The molecular formula is C22H48O7S2. The second-order valence-electron chi connectivity index (χ2n) is 8.53. The van der Waals surface area contributed by atoms with Crippen LogP contribution in [0.3, 0.4) is 0 Å². The van der Waals surface area contributed by atoms with E-state index < -0.39 is 20.8 Å². The van der Waals surface area contributed by atoms with Crippen molar-refractivity contribution in [3.8, 4) is 0 Å². The third-order valence-electron chi connectivity index (χ3n) is 5.42. The van der Waals surface area contributed by atoms with Crippen molar-refractivity contribution in [1.82, 2.24) is 0 Å². The summed E-state index contributed by atoms with van der Waals surface area (Å²) in [6.07, 6.45) is 26.4. The molecule has 9 heteroatoms. The molecule has 1 unspecified atom stereocenters. The summed E-state index contributed by atoms with van der Waals surface area (Å²) in [7, 11) is -10.2. The Morgan fingerprint density at radius 2 is 0.871 bits per heavy atom. The second kappa shape index (κ2) is 21.6. The Kier molecular flexibility index (Phi) is 23.0. The van der Waals surface area contributed by atoms with E-state index in [2.05, 4.69) is 24.4 Å². The molecule has 0 aliphatic carbocycles. The van der Waals surface area contributed by atoms with Crippen molar-refractivity contribution in [2.75, 3.05) is 0 Å². The van der Waals surface area contributed by atoms with Crippen LogP contribution in [-0.2, 0) is 24.4 Å². The summed E-state index contributed by atoms with van der Waals surface area (Å²) in [5.74, 6) is 0.951. The topological polar surface area (TPSA) is 118 Å². The number of hydrogen-bond donors (Lipinski definition) is 2. The van der Waals surface area contributed by atoms with Crippen LogP contribution in [0.4, 0.5) is 0 Å². The summed E-state index contributed by atoms with van der Waals surface area (Å²) in [6, 6.07) is 0. The summed E-state index contributed by atoms with van der Waals surface area (Å²) >= 11 is 0. The summed E-state index contributed by atoms with van der Waals surface area (Å²) in [5.41, 5.74) is 0. The van der Waals surface area contributed by atoms with Gasteiger partial charge in [-0.1, -0.05) is 136 Å². The smallest absolute Gasteiger partial charge is 0.263 e. The summed E-state index contributed by atoms with van der Waals surface area (Å²) in [6.45, 7) is 7.01. The van der Waals surface area contributed by atoms with E-state index in [4.69, 9.17) is 9.11 Å². The lowest BCUT2D eigenvalue weighted by molar-refractivity contribution is 0.344. The van der Waals surface area contributed by atoms with Crippen molar-refractivity contribution in [2.24, 2.45) is 5.92 Å². The van der Waals surface area contributed by atoms with E-state index in [0.29, 0.717) is 0 Å². The maximum absolute atomic E-state index is 9.44. The molecule has 0 saturated carbocycles. The molecule has 7 nitrogen and oxygen atoms in total. The molecular weight excluding hydrogens is 440 g/mol.